The summed E-state index contributed by atoms with van der Waals surface area (Å²) in [5.74, 6) is 0. The molecule has 10 rings (SSSR count). The van der Waals surface area contributed by atoms with Gasteiger partial charge in [-0.2, -0.15) is 0 Å². The molecule has 0 saturated heterocycles. The molecule has 234 valence electrons. The van der Waals surface area contributed by atoms with Crippen LogP contribution in [0.1, 0.15) is 0 Å². The SMILES string of the molecule is c1ccc(-c2cc(-c3ccccc3)c3c(c2)c2cc(-c4ccc(-n5c6ccccc6c6ccccc65)cc4)ccc2n3-c2ccccc2)cc1. The second kappa shape index (κ2) is 11.5. The first-order valence-electron chi connectivity index (χ1n) is 17.2. The third-order valence-electron chi connectivity index (χ3n) is 10.1. The molecule has 0 aliphatic rings. The highest BCUT2D eigenvalue weighted by molar-refractivity contribution is 6.16. The molecule has 0 fully saturated rings. The average molecular weight is 637 g/mol. The third kappa shape index (κ3) is 4.50. The predicted octanol–water partition coefficient (Wildman–Crippen LogP) is 12.9. The van der Waals surface area contributed by atoms with Crippen LogP contribution in [0.2, 0.25) is 0 Å². The van der Waals surface area contributed by atoms with E-state index in [0.717, 1.165) is 11.4 Å². The van der Waals surface area contributed by atoms with Crippen LogP contribution >= 0.6 is 0 Å². The van der Waals surface area contributed by atoms with E-state index in [9.17, 15) is 0 Å². The topological polar surface area (TPSA) is 9.86 Å². The fraction of sp³-hybridized carbons (Fsp3) is 0. The Morgan fingerprint density at radius 1 is 0.260 bits per heavy atom. The predicted molar refractivity (Wildman–Crippen MR) is 211 cm³/mol. The van der Waals surface area contributed by atoms with Gasteiger partial charge < -0.3 is 9.13 Å². The summed E-state index contributed by atoms with van der Waals surface area (Å²) in [6, 6.07) is 70.4. The number of rotatable bonds is 5. The first kappa shape index (κ1) is 28.4. The number of para-hydroxylation sites is 3. The van der Waals surface area contributed by atoms with Gasteiger partial charge in [0.05, 0.1) is 22.1 Å². The highest BCUT2D eigenvalue weighted by Gasteiger charge is 2.19. The van der Waals surface area contributed by atoms with Crippen LogP contribution in [0.3, 0.4) is 0 Å². The summed E-state index contributed by atoms with van der Waals surface area (Å²) in [6.45, 7) is 0. The molecule has 0 amide bonds. The lowest BCUT2D eigenvalue weighted by molar-refractivity contribution is 1.18. The van der Waals surface area contributed by atoms with Crippen LogP contribution in [0.4, 0.5) is 0 Å². The van der Waals surface area contributed by atoms with E-state index in [-0.39, 0.29) is 0 Å². The van der Waals surface area contributed by atoms with Gasteiger partial charge in [-0.05, 0) is 88.5 Å². The lowest BCUT2D eigenvalue weighted by atomic mass is 9.95. The maximum absolute atomic E-state index is 2.44. The Bertz CT molecular complexity index is 2770. The lowest BCUT2D eigenvalue weighted by Crippen LogP contribution is -1.95. The second-order valence-corrected chi connectivity index (χ2v) is 13.0. The summed E-state index contributed by atoms with van der Waals surface area (Å²) in [7, 11) is 0. The van der Waals surface area contributed by atoms with E-state index < -0.39 is 0 Å². The summed E-state index contributed by atoms with van der Waals surface area (Å²) in [4.78, 5) is 0. The van der Waals surface area contributed by atoms with Crippen LogP contribution in [0.15, 0.2) is 194 Å². The maximum atomic E-state index is 2.44. The highest BCUT2D eigenvalue weighted by atomic mass is 15.0. The molecule has 2 aromatic heterocycles. The number of aromatic nitrogens is 2. The Kier molecular flexibility index (Phi) is 6.53. The molecule has 2 nitrogen and oxygen atoms in total. The van der Waals surface area contributed by atoms with Gasteiger partial charge in [-0.25, -0.2) is 0 Å². The van der Waals surface area contributed by atoms with E-state index in [4.69, 9.17) is 0 Å². The van der Waals surface area contributed by atoms with Crippen LogP contribution in [0, 0.1) is 0 Å². The first-order chi connectivity index (χ1) is 24.8. The van der Waals surface area contributed by atoms with Gasteiger partial charge in [0.25, 0.3) is 0 Å². The van der Waals surface area contributed by atoms with Crippen molar-refractivity contribution in [1.82, 2.24) is 9.13 Å². The van der Waals surface area contributed by atoms with Crippen molar-refractivity contribution in [3.8, 4) is 44.8 Å². The smallest absolute Gasteiger partial charge is 0.0619 e. The molecule has 0 bridgehead atoms. The molecular formula is C48H32N2. The Hall–Kier alpha value is -6.64. The largest absolute Gasteiger partial charge is 0.309 e. The van der Waals surface area contributed by atoms with Gasteiger partial charge in [-0.15, -0.1) is 0 Å². The molecule has 8 aromatic carbocycles. The molecule has 0 N–H and O–H groups in total. The zero-order valence-electron chi connectivity index (χ0n) is 27.4. The molecule has 0 saturated carbocycles. The molecule has 50 heavy (non-hydrogen) atoms. The van der Waals surface area contributed by atoms with Crippen molar-refractivity contribution in [3.63, 3.8) is 0 Å². The van der Waals surface area contributed by atoms with Crippen LogP contribution in [-0.4, -0.2) is 9.13 Å². The summed E-state index contributed by atoms with van der Waals surface area (Å²) in [5, 5.41) is 5.03. The van der Waals surface area contributed by atoms with Gasteiger partial charge in [0.1, 0.15) is 0 Å². The van der Waals surface area contributed by atoms with Gasteiger partial charge in [0, 0.05) is 38.5 Å². The van der Waals surface area contributed by atoms with E-state index in [0.29, 0.717) is 0 Å². The molecule has 0 aliphatic carbocycles. The van der Waals surface area contributed by atoms with Crippen molar-refractivity contribution in [1.29, 1.82) is 0 Å². The lowest BCUT2D eigenvalue weighted by Gasteiger charge is -2.13. The van der Waals surface area contributed by atoms with Crippen LogP contribution < -0.4 is 0 Å². The number of hydrogen-bond acceptors (Lipinski definition) is 0. The minimum Gasteiger partial charge on any atom is -0.309 e. The van der Waals surface area contributed by atoms with Crippen molar-refractivity contribution in [2.24, 2.45) is 0 Å². The van der Waals surface area contributed by atoms with Gasteiger partial charge in [0.15, 0.2) is 0 Å². The number of nitrogens with zero attached hydrogens (tertiary/aromatic N) is 2. The molecule has 0 radical (unpaired) electrons. The molecule has 2 heteroatoms. The third-order valence-corrected chi connectivity index (χ3v) is 10.1. The minimum absolute atomic E-state index is 1.15. The van der Waals surface area contributed by atoms with Crippen molar-refractivity contribution in [2.75, 3.05) is 0 Å². The Labute approximate surface area is 290 Å². The van der Waals surface area contributed by atoms with Crippen molar-refractivity contribution in [2.45, 2.75) is 0 Å². The van der Waals surface area contributed by atoms with E-state index in [1.807, 2.05) is 0 Å². The average Bonchev–Trinajstić information content (AvgIpc) is 3.71. The van der Waals surface area contributed by atoms with E-state index in [2.05, 4.69) is 203 Å². The summed E-state index contributed by atoms with van der Waals surface area (Å²) >= 11 is 0. The molecule has 0 spiro atoms. The maximum Gasteiger partial charge on any atom is 0.0619 e. The van der Waals surface area contributed by atoms with Crippen molar-refractivity contribution in [3.05, 3.63) is 194 Å². The minimum atomic E-state index is 1.15. The number of benzene rings is 8. The van der Waals surface area contributed by atoms with Gasteiger partial charge >= 0.3 is 0 Å². The van der Waals surface area contributed by atoms with Gasteiger partial charge in [0.2, 0.25) is 0 Å². The highest BCUT2D eigenvalue weighted by Crippen LogP contribution is 2.42. The molecule has 0 unspecified atom stereocenters. The number of fused-ring (bicyclic) bond motifs is 6. The van der Waals surface area contributed by atoms with Gasteiger partial charge in [-0.3, -0.25) is 0 Å². The van der Waals surface area contributed by atoms with Gasteiger partial charge in [-0.1, -0.05) is 133 Å². The summed E-state index contributed by atoms with van der Waals surface area (Å²) in [5.41, 5.74) is 14.4. The van der Waals surface area contributed by atoms with Crippen LogP contribution in [0.25, 0.3) is 88.4 Å². The Morgan fingerprint density at radius 2 is 0.740 bits per heavy atom. The van der Waals surface area contributed by atoms with Crippen LogP contribution in [-0.2, 0) is 0 Å². The second-order valence-electron chi connectivity index (χ2n) is 13.0. The zero-order valence-corrected chi connectivity index (χ0v) is 27.4. The van der Waals surface area contributed by atoms with Crippen LogP contribution in [0.5, 0.6) is 0 Å². The molecule has 10 aromatic rings. The van der Waals surface area contributed by atoms with Crippen molar-refractivity contribution < 1.29 is 0 Å². The zero-order chi connectivity index (χ0) is 33.0. The standard InChI is InChI=1S/C48H32N2/c1-4-14-33(15-5-1)37-31-42(35-16-6-2-7-17-35)48-44(32-37)43-30-36(26-29-47(43)50(48)38-18-8-3-9-19-38)34-24-27-39(28-25-34)49-45-22-12-10-20-40(45)41-21-11-13-23-46(41)49/h1-32H. The molecule has 0 atom stereocenters. The molecule has 2 heterocycles. The Morgan fingerprint density at radius 3 is 1.40 bits per heavy atom. The van der Waals surface area contributed by atoms with E-state index in [1.54, 1.807) is 0 Å². The fourth-order valence-corrected chi connectivity index (χ4v) is 7.81. The molecule has 0 aliphatic heterocycles. The molecular weight excluding hydrogens is 605 g/mol. The normalized spacial score (nSPS) is 11.6. The number of hydrogen-bond donors (Lipinski definition) is 0. The first-order valence-corrected chi connectivity index (χ1v) is 17.2. The summed E-state index contributed by atoms with van der Waals surface area (Å²) in [6.07, 6.45) is 0. The fourth-order valence-electron chi connectivity index (χ4n) is 7.81. The Balaban J connectivity index is 1.19. The van der Waals surface area contributed by atoms with Crippen molar-refractivity contribution >= 4 is 43.6 Å². The van der Waals surface area contributed by atoms with E-state index >= 15 is 0 Å². The summed E-state index contributed by atoms with van der Waals surface area (Å²) < 4.78 is 4.82. The monoisotopic (exact) mass is 636 g/mol. The quantitative estimate of drug-likeness (QED) is 0.178. The van der Waals surface area contributed by atoms with E-state index in [1.165, 1.54) is 77.0 Å².